The highest BCUT2D eigenvalue weighted by Gasteiger charge is 2.29. The number of ketones is 2. The molecule has 0 fully saturated rings. The molecule has 5 aromatic carbocycles. The van der Waals surface area contributed by atoms with Gasteiger partial charge < -0.3 is 18.6 Å². The molecular weight excluding hydrogens is 617 g/mol. The normalized spacial score (nSPS) is 13.3. The van der Waals surface area contributed by atoms with Gasteiger partial charge in [-0.1, -0.05) is 72.1 Å². The van der Waals surface area contributed by atoms with Crippen LogP contribution in [0.2, 0.25) is 0 Å². The van der Waals surface area contributed by atoms with Gasteiger partial charge in [-0.05, 0) is 48.5 Å². The minimum atomic E-state index is -0.256. The fraction of sp³-hybridized carbons (Fsp3) is 0.0556. The molecule has 4 heterocycles. The summed E-state index contributed by atoms with van der Waals surface area (Å²) in [6, 6.07) is 35.4. The van der Waals surface area contributed by atoms with E-state index in [4.69, 9.17) is 8.83 Å². The van der Waals surface area contributed by atoms with Crippen LogP contribution < -0.4 is 9.80 Å². The molecule has 0 amide bonds. The predicted molar refractivity (Wildman–Crippen MR) is 178 cm³/mol. The molecule has 10 heteroatoms. The van der Waals surface area contributed by atoms with E-state index in [1.807, 2.05) is 82.6 Å². The Hall–Kier alpha value is -5.32. The fourth-order valence-corrected chi connectivity index (χ4v) is 8.10. The van der Waals surface area contributed by atoms with Gasteiger partial charge in [0.25, 0.3) is 11.8 Å². The van der Waals surface area contributed by atoms with Gasteiger partial charge in [-0.25, -0.2) is 9.97 Å². The van der Waals surface area contributed by atoms with Gasteiger partial charge in [-0.2, -0.15) is 0 Å². The fourth-order valence-electron chi connectivity index (χ4n) is 5.91. The molecule has 0 spiro atoms. The lowest BCUT2D eigenvalue weighted by Gasteiger charge is -2.31. The van der Waals surface area contributed by atoms with Crippen LogP contribution in [0.3, 0.4) is 0 Å². The van der Waals surface area contributed by atoms with Crippen LogP contribution in [0, 0.1) is 0 Å². The smallest absolute Gasteiger partial charge is 0.266 e. The highest BCUT2D eigenvalue weighted by Crippen LogP contribution is 2.49. The molecule has 0 unspecified atom stereocenters. The summed E-state index contributed by atoms with van der Waals surface area (Å²) in [5, 5.41) is 0. The van der Waals surface area contributed by atoms with E-state index in [0.717, 1.165) is 42.3 Å². The summed E-state index contributed by atoms with van der Waals surface area (Å²) in [6.07, 6.45) is 0. The molecule has 9 rings (SSSR count). The molecule has 0 atom stereocenters. The zero-order chi connectivity index (χ0) is 30.8. The third kappa shape index (κ3) is 4.48. The Bertz CT molecular complexity index is 2060. The maximum Gasteiger partial charge on any atom is 0.266 e. The zero-order valence-electron chi connectivity index (χ0n) is 24.0. The number of hydrogen-bond acceptors (Lipinski definition) is 10. The van der Waals surface area contributed by atoms with Crippen molar-refractivity contribution in [1.82, 2.24) is 9.97 Å². The Morgan fingerprint density at radius 1 is 0.522 bits per heavy atom. The van der Waals surface area contributed by atoms with Crippen molar-refractivity contribution in [1.29, 1.82) is 0 Å². The van der Waals surface area contributed by atoms with Crippen molar-refractivity contribution in [3.05, 3.63) is 121 Å². The first-order chi connectivity index (χ1) is 22.6. The van der Waals surface area contributed by atoms with E-state index in [0.29, 0.717) is 22.2 Å². The summed E-state index contributed by atoms with van der Waals surface area (Å²) < 4.78 is 11.9. The zero-order valence-corrected chi connectivity index (χ0v) is 25.7. The van der Waals surface area contributed by atoms with Crippen LogP contribution in [-0.2, 0) is 0 Å². The van der Waals surface area contributed by atoms with Gasteiger partial charge in [0.2, 0.25) is 11.6 Å². The number of para-hydroxylation sites is 4. The van der Waals surface area contributed by atoms with Crippen molar-refractivity contribution in [2.75, 3.05) is 22.9 Å². The Balaban J connectivity index is 0.992. The van der Waals surface area contributed by atoms with Crippen molar-refractivity contribution >= 4 is 80.0 Å². The number of anilines is 4. The van der Waals surface area contributed by atoms with Gasteiger partial charge in [0.15, 0.2) is 11.2 Å². The molecular formula is C36H22N4O4S2. The molecule has 46 heavy (non-hydrogen) atoms. The first kappa shape index (κ1) is 27.0. The summed E-state index contributed by atoms with van der Waals surface area (Å²) in [5.74, 6) is -0.498. The van der Waals surface area contributed by atoms with Crippen LogP contribution in [-0.4, -0.2) is 34.6 Å². The largest absolute Gasteiger partial charge is 0.434 e. The Morgan fingerprint density at radius 2 is 0.848 bits per heavy atom. The van der Waals surface area contributed by atoms with Crippen LogP contribution in [0.25, 0.3) is 22.2 Å². The number of hydrogen-bond donors (Lipinski definition) is 0. The van der Waals surface area contributed by atoms with Crippen molar-refractivity contribution in [3.63, 3.8) is 0 Å². The Kier molecular flexibility index (Phi) is 6.25. The number of rotatable bonds is 6. The van der Waals surface area contributed by atoms with Crippen molar-refractivity contribution in [2.24, 2.45) is 0 Å². The highest BCUT2D eigenvalue weighted by atomic mass is 32.2. The van der Waals surface area contributed by atoms with E-state index in [1.165, 1.54) is 0 Å². The number of fused-ring (bicyclic) bond motifs is 6. The monoisotopic (exact) mass is 638 g/mol. The van der Waals surface area contributed by atoms with Crippen molar-refractivity contribution in [2.45, 2.75) is 19.6 Å². The van der Waals surface area contributed by atoms with E-state index in [-0.39, 0.29) is 36.4 Å². The van der Waals surface area contributed by atoms with Crippen LogP contribution in [0.1, 0.15) is 21.4 Å². The topological polar surface area (TPSA) is 92.7 Å². The summed E-state index contributed by atoms with van der Waals surface area (Å²) in [7, 11) is 0. The lowest BCUT2D eigenvalue weighted by Crippen LogP contribution is -2.27. The number of aromatic nitrogens is 2. The second-order valence-corrected chi connectivity index (χ2v) is 13.1. The van der Waals surface area contributed by atoms with Gasteiger partial charge in [0.1, 0.15) is 11.0 Å². The van der Waals surface area contributed by atoms with Crippen molar-refractivity contribution < 1.29 is 18.4 Å². The molecule has 0 saturated carbocycles. The van der Waals surface area contributed by atoms with Gasteiger partial charge >= 0.3 is 0 Å². The molecule has 8 nitrogen and oxygen atoms in total. The standard InChI is InChI=1S/C36H22N4O4S2/c41-27(19-39-23-9-1-5-13-31(23)45-32-14-6-2-10-24(32)39)35-37-21-17-30-22(18-29(21)43-35)38-36(44-30)28(42)20-40-25-11-3-7-15-33(25)46-34-16-8-4-12-26(34)40/h1-18H,19-20H2. The van der Waals surface area contributed by atoms with Crippen LogP contribution in [0.5, 0.6) is 0 Å². The van der Waals surface area contributed by atoms with E-state index < -0.39 is 0 Å². The molecule has 0 aliphatic carbocycles. The average molecular weight is 639 g/mol. The quantitative estimate of drug-likeness (QED) is 0.164. The molecule has 0 bridgehead atoms. The molecule has 0 N–H and O–H groups in total. The first-order valence-electron chi connectivity index (χ1n) is 14.6. The van der Waals surface area contributed by atoms with Gasteiger partial charge in [0.05, 0.1) is 35.8 Å². The predicted octanol–water partition coefficient (Wildman–Crippen LogP) is 8.94. The Labute approximate surface area is 271 Å². The van der Waals surface area contributed by atoms with Gasteiger partial charge in [-0.3, -0.25) is 9.59 Å². The highest BCUT2D eigenvalue weighted by molar-refractivity contribution is 8.00. The molecule has 0 radical (unpaired) electrons. The minimum Gasteiger partial charge on any atom is -0.434 e. The van der Waals surface area contributed by atoms with E-state index in [1.54, 1.807) is 35.7 Å². The van der Waals surface area contributed by atoms with E-state index in [9.17, 15) is 9.59 Å². The number of nitrogens with zero attached hydrogens (tertiary/aromatic N) is 4. The van der Waals surface area contributed by atoms with Crippen LogP contribution >= 0.6 is 23.5 Å². The summed E-state index contributed by atoms with van der Waals surface area (Å²) in [5.41, 5.74) is 5.56. The molecule has 222 valence electrons. The van der Waals surface area contributed by atoms with Crippen LogP contribution in [0.15, 0.2) is 138 Å². The van der Waals surface area contributed by atoms with Crippen LogP contribution in [0.4, 0.5) is 22.7 Å². The Morgan fingerprint density at radius 3 is 1.20 bits per heavy atom. The van der Waals surface area contributed by atoms with Gasteiger partial charge in [0, 0.05) is 31.7 Å². The SMILES string of the molecule is O=C(CN1c2ccccc2Sc2ccccc21)c1nc2cc3oc(C(=O)CN4c5ccccc5Sc5ccccc54)nc3cc2o1. The summed E-state index contributed by atoms with van der Waals surface area (Å²) in [4.78, 5) is 44.4. The second kappa shape index (κ2) is 10.6. The maximum atomic E-state index is 13.5. The summed E-state index contributed by atoms with van der Waals surface area (Å²) >= 11 is 3.37. The molecule has 7 aromatic rings. The number of carbonyl (C=O) groups is 2. The molecule has 0 saturated heterocycles. The maximum absolute atomic E-state index is 13.5. The lowest BCUT2D eigenvalue weighted by molar-refractivity contribution is 0.0963. The van der Waals surface area contributed by atoms with Gasteiger partial charge in [-0.15, -0.1) is 0 Å². The summed E-state index contributed by atoms with van der Waals surface area (Å²) in [6.45, 7) is 0.130. The lowest BCUT2D eigenvalue weighted by atomic mass is 10.2. The first-order valence-corrected chi connectivity index (χ1v) is 16.3. The number of carbonyl (C=O) groups excluding carboxylic acids is 2. The van der Waals surface area contributed by atoms with E-state index in [2.05, 4.69) is 34.2 Å². The second-order valence-electron chi connectivity index (χ2n) is 10.9. The molecule has 2 aliphatic heterocycles. The van der Waals surface area contributed by atoms with E-state index >= 15 is 0 Å². The number of Topliss-reactive ketones (excluding diaryl/α,β-unsaturated/α-hetero) is 2. The number of oxazole rings is 2. The molecule has 2 aromatic heterocycles. The third-order valence-electron chi connectivity index (χ3n) is 8.04. The molecule has 2 aliphatic rings. The third-order valence-corrected chi connectivity index (χ3v) is 10.3. The minimum absolute atomic E-state index is 0.00689. The number of benzene rings is 5. The average Bonchev–Trinajstić information content (AvgIpc) is 3.70. The van der Waals surface area contributed by atoms with Crippen molar-refractivity contribution in [3.8, 4) is 0 Å².